The van der Waals surface area contributed by atoms with Crippen molar-refractivity contribution in [3.05, 3.63) is 11.6 Å². The van der Waals surface area contributed by atoms with E-state index in [1.54, 1.807) is 6.08 Å². The summed E-state index contributed by atoms with van der Waals surface area (Å²) in [6.45, 7) is 6.48. The number of carbonyl (C=O) groups excluding carboxylic acids is 2. The number of hydrogen-bond donors (Lipinski definition) is 1. The number of rotatable bonds is 1. The number of carbonyl (C=O) groups is 2. The summed E-state index contributed by atoms with van der Waals surface area (Å²) in [4.78, 5) is 24.3. The zero-order chi connectivity index (χ0) is 17.3. The molecule has 0 heterocycles. The average Bonchev–Trinajstić information content (AvgIpc) is 2.78. The van der Waals surface area contributed by atoms with Gasteiger partial charge in [0.25, 0.3) is 0 Å². The smallest absolute Gasteiger partial charge is 0.155 e. The maximum absolute atomic E-state index is 12.3. The molecule has 0 amide bonds. The van der Waals surface area contributed by atoms with Crippen LogP contribution in [0.4, 0.5) is 0 Å². The molecular formula is C21H30O3. The van der Waals surface area contributed by atoms with Gasteiger partial charge in [-0.1, -0.05) is 19.4 Å². The second-order valence-corrected chi connectivity index (χ2v) is 9.51. The van der Waals surface area contributed by atoms with Crippen molar-refractivity contribution >= 4 is 12.1 Å². The van der Waals surface area contributed by atoms with Gasteiger partial charge in [-0.3, -0.25) is 4.79 Å². The molecule has 1 N–H and O–H groups in total. The van der Waals surface area contributed by atoms with Crippen molar-refractivity contribution in [2.24, 2.45) is 34.5 Å². The summed E-state index contributed by atoms with van der Waals surface area (Å²) in [6.07, 6.45) is 9.22. The minimum atomic E-state index is -0.584. The molecule has 4 rings (SSSR count). The van der Waals surface area contributed by atoms with Gasteiger partial charge in [-0.2, -0.15) is 0 Å². The lowest BCUT2D eigenvalue weighted by Crippen LogP contribution is -2.56. The summed E-state index contributed by atoms with van der Waals surface area (Å²) in [6, 6.07) is 0. The van der Waals surface area contributed by atoms with Crippen molar-refractivity contribution in [2.75, 3.05) is 0 Å². The van der Waals surface area contributed by atoms with Crippen molar-refractivity contribution in [1.82, 2.24) is 0 Å². The van der Waals surface area contributed by atoms with Crippen LogP contribution in [-0.4, -0.2) is 22.8 Å². The summed E-state index contributed by atoms with van der Waals surface area (Å²) >= 11 is 0. The normalized spacial score (nSPS) is 53.7. The fourth-order valence-corrected chi connectivity index (χ4v) is 7.10. The first-order valence-corrected chi connectivity index (χ1v) is 9.69. The molecule has 0 saturated heterocycles. The van der Waals surface area contributed by atoms with E-state index in [1.807, 2.05) is 6.92 Å². The molecule has 0 aromatic carbocycles. The standard InChI is InChI=1S/C21H30O3/c1-13-10-15-16-6-8-20(3,24)19(16,2)7-5-17(15)21(12-22)9-4-14(23)11-18(13)21/h11-13,15-17,24H,4-10H2,1-3H3/t13?,15-,16-,17+,19-,20?,21-/m0/s1. The Hall–Kier alpha value is -0.960. The van der Waals surface area contributed by atoms with Gasteiger partial charge in [0.05, 0.1) is 11.0 Å². The molecular weight excluding hydrogens is 300 g/mol. The Morgan fingerprint density at radius 3 is 2.58 bits per heavy atom. The fraction of sp³-hybridized carbons (Fsp3) is 0.810. The number of aldehydes is 1. The summed E-state index contributed by atoms with van der Waals surface area (Å²) in [5.41, 5.74) is 0.0949. The zero-order valence-electron chi connectivity index (χ0n) is 15.2. The molecule has 0 radical (unpaired) electrons. The number of allylic oxidation sites excluding steroid dienone is 1. The van der Waals surface area contributed by atoms with Crippen LogP contribution in [0.5, 0.6) is 0 Å². The molecule has 3 saturated carbocycles. The number of fused-ring (bicyclic) bond motifs is 5. The van der Waals surface area contributed by atoms with Gasteiger partial charge in [0.1, 0.15) is 6.29 Å². The summed E-state index contributed by atoms with van der Waals surface area (Å²) in [7, 11) is 0. The van der Waals surface area contributed by atoms with E-state index in [4.69, 9.17) is 0 Å². The molecule has 7 atom stereocenters. The lowest BCUT2D eigenvalue weighted by atomic mass is 9.45. The van der Waals surface area contributed by atoms with Crippen LogP contribution in [0, 0.1) is 34.5 Å². The van der Waals surface area contributed by atoms with E-state index in [0.29, 0.717) is 36.5 Å². The van der Waals surface area contributed by atoms with Gasteiger partial charge in [0.15, 0.2) is 5.78 Å². The van der Waals surface area contributed by atoms with E-state index >= 15 is 0 Å². The molecule has 3 fully saturated rings. The Labute approximate surface area is 144 Å². The molecule has 0 aromatic heterocycles. The molecule has 24 heavy (non-hydrogen) atoms. The average molecular weight is 330 g/mol. The topological polar surface area (TPSA) is 54.4 Å². The van der Waals surface area contributed by atoms with E-state index < -0.39 is 11.0 Å². The van der Waals surface area contributed by atoms with E-state index in [0.717, 1.165) is 37.7 Å². The highest BCUT2D eigenvalue weighted by Gasteiger charge is 2.64. The van der Waals surface area contributed by atoms with Crippen LogP contribution < -0.4 is 0 Å². The van der Waals surface area contributed by atoms with Crippen LogP contribution in [-0.2, 0) is 9.59 Å². The lowest BCUT2D eigenvalue weighted by molar-refractivity contribution is -0.140. The van der Waals surface area contributed by atoms with Crippen LogP contribution in [0.3, 0.4) is 0 Å². The highest BCUT2D eigenvalue weighted by molar-refractivity contribution is 5.93. The van der Waals surface area contributed by atoms with Crippen molar-refractivity contribution in [3.8, 4) is 0 Å². The predicted molar refractivity (Wildman–Crippen MR) is 92.3 cm³/mol. The Bertz CT molecular complexity index is 619. The van der Waals surface area contributed by atoms with Crippen molar-refractivity contribution in [1.29, 1.82) is 0 Å². The molecule has 4 aliphatic rings. The minimum Gasteiger partial charge on any atom is -0.390 e. The largest absolute Gasteiger partial charge is 0.390 e. The Morgan fingerprint density at radius 1 is 1.17 bits per heavy atom. The molecule has 0 aromatic rings. The van der Waals surface area contributed by atoms with Gasteiger partial charge in [-0.15, -0.1) is 0 Å². The van der Waals surface area contributed by atoms with E-state index in [9.17, 15) is 14.7 Å². The Balaban J connectivity index is 1.77. The number of aliphatic hydroxyl groups is 1. The Kier molecular flexibility index (Phi) is 3.46. The molecule has 3 heteroatoms. The summed E-state index contributed by atoms with van der Waals surface area (Å²) in [5, 5.41) is 11.0. The maximum Gasteiger partial charge on any atom is 0.155 e. The molecule has 0 bridgehead atoms. The monoisotopic (exact) mass is 330 g/mol. The summed E-state index contributed by atoms with van der Waals surface area (Å²) < 4.78 is 0. The zero-order valence-corrected chi connectivity index (χ0v) is 15.2. The van der Waals surface area contributed by atoms with Crippen LogP contribution in [0.2, 0.25) is 0 Å². The van der Waals surface area contributed by atoms with E-state index in [1.165, 1.54) is 6.29 Å². The van der Waals surface area contributed by atoms with Crippen molar-refractivity contribution in [2.45, 2.75) is 71.3 Å². The SMILES string of the molecule is CC1C[C@@H]2[C@@H](CC[C@@]3(C)[C@H]2CCC3(C)O)[C@@]2(C=O)CCC(=O)C=C12. The number of hydrogen-bond acceptors (Lipinski definition) is 3. The first kappa shape index (κ1) is 16.5. The summed E-state index contributed by atoms with van der Waals surface area (Å²) in [5.74, 6) is 1.86. The van der Waals surface area contributed by atoms with Gasteiger partial charge in [0.2, 0.25) is 0 Å². The first-order chi connectivity index (χ1) is 11.2. The van der Waals surface area contributed by atoms with Gasteiger partial charge >= 0.3 is 0 Å². The third-order valence-electron chi connectivity index (χ3n) is 8.67. The molecule has 0 aliphatic heterocycles. The molecule has 2 unspecified atom stereocenters. The van der Waals surface area contributed by atoms with Gasteiger partial charge < -0.3 is 9.90 Å². The van der Waals surface area contributed by atoms with E-state index in [2.05, 4.69) is 13.8 Å². The van der Waals surface area contributed by atoms with Gasteiger partial charge in [0, 0.05) is 6.42 Å². The highest BCUT2D eigenvalue weighted by atomic mass is 16.3. The third kappa shape index (κ3) is 1.88. The first-order valence-electron chi connectivity index (χ1n) is 9.69. The molecule has 4 aliphatic carbocycles. The minimum absolute atomic E-state index is 0.0241. The highest BCUT2D eigenvalue weighted by Crippen LogP contribution is 2.67. The van der Waals surface area contributed by atoms with Crippen molar-refractivity contribution < 1.29 is 14.7 Å². The molecule has 3 nitrogen and oxygen atoms in total. The molecule has 0 spiro atoms. The lowest BCUT2D eigenvalue weighted by Gasteiger charge is -2.59. The Morgan fingerprint density at radius 2 is 1.88 bits per heavy atom. The van der Waals surface area contributed by atoms with Gasteiger partial charge in [-0.05, 0) is 80.6 Å². The third-order valence-corrected chi connectivity index (χ3v) is 8.67. The van der Waals surface area contributed by atoms with Crippen LogP contribution in [0.15, 0.2) is 11.6 Å². The fourth-order valence-electron chi connectivity index (χ4n) is 7.10. The van der Waals surface area contributed by atoms with Crippen LogP contribution >= 0.6 is 0 Å². The van der Waals surface area contributed by atoms with Crippen LogP contribution in [0.1, 0.15) is 65.7 Å². The number of ketones is 1. The predicted octanol–water partition coefficient (Wildman–Crippen LogP) is 3.69. The van der Waals surface area contributed by atoms with Gasteiger partial charge in [-0.25, -0.2) is 0 Å². The second kappa shape index (κ2) is 5.03. The van der Waals surface area contributed by atoms with E-state index in [-0.39, 0.29) is 11.2 Å². The second-order valence-electron chi connectivity index (χ2n) is 9.51. The van der Waals surface area contributed by atoms with Crippen LogP contribution in [0.25, 0.3) is 0 Å². The quantitative estimate of drug-likeness (QED) is 0.746. The van der Waals surface area contributed by atoms with Crippen molar-refractivity contribution in [3.63, 3.8) is 0 Å². The molecule has 132 valence electrons. The maximum atomic E-state index is 12.3.